The second kappa shape index (κ2) is 34.6. The van der Waals surface area contributed by atoms with Crippen LogP contribution in [0.3, 0.4) is 0 Å². The van der Waals surface area contributed by atoms with E-state index in [2.05, 4.69) is 146 Å². The van der Waals surface area contributed by atoms with Crippen molar-refractivity contribution >= 4 is 64.6 Å². The van der Waals surface area contributed by atoms with E-state index in [0.717, 1.165) is 51.4 Å². The van der Waals surface area contributed by atoms with E-state index >= 15 is 0 Å². The van der Waals surface area contributed by atoms with E-state index in [9.17, 15) is 72.4 Å². The average molecular weight is 1540 g/mol. The second-order valence-electron chi connectivity index (χ2n) is 34.2. The van der Waals surface area contributed by atoms with Crippen molar-refractivity contribution in [1.82, 2.24) is 0 Å². The largest absolute Gasteiger partial charge is 0.868 e. The number of benzene rings is 5. The number of hydrogen-bond acceptors (Lipinski definition) is 13. The minimum absolute atomic E-state index is 0.00100. The Hall–Kier alpha value is -6.85. The standard InChI is InChI=1S/C20H29F3O7S.C18H13S.C17H32O2.C12H22O2.C11H16O.C6HF5O/c1-4-17(2,3)15(24)30-19-8-12-5-13(9-19)7-18(6-12,11-19)16(25)29-14(20(21,22)23)10-31(26,27)28;1-2-8-14(9-3-1)19-17-12-6-4-10-15(17)16-11-5-7-13-18(16)19;1-9-15(3,4)14(18)19-13-10-16(5,6)12(2)17(7,8)11-13;1-5-11(2,3)10(13)14-12(4)8-6-7-9-12;1-4-11(2,3)9-5-7-10(12)8-6-9;7-1-2(8)4(10)6(12)5(11)3(1)9/h12-14H,4-11H2,1-3H3,(H,26,27,28);1-13H;12-13H,9-11H2,1-8H3;5-9H2,1-4H3;5-8,12H,4H2,1-3H3;12H/q;+1;;;;/p-2. The molecule has 594 valence electrons. The number of esters is 4. The molecule has 0 saturated heterocycles. The Morgan fingerprint density at radius 2 is 1.00 bits per heavy atom. The lowest BCUT2D eigenvalue weighted by atomic mass is 9.48. The van der Waals surface area contributed by atoms with Gasteiger partial charge >= 0.3 is 30.1 Å². The first-order valence-corrected chi connectivity index (χ1v) is 39.9. The molecule has 6 aliphatic rings. The smallest absolute Gasteiger partial charge is 0.426 e. The monoisotopic (exact) mass is 1540 g/mol. The Balaban J connectivity index is 0.000000209. The number of rotatable bonds is 16. The third-order valence-corrected chi connectivity index (χ3v) is 26.4. The Labute approximate surface area is 630 Å². The average Bonchev–Trinajstić information content (AvgIpc) is 1.29. The van der Waals surface area contributed by atoms with E-state index in [-0.39, 0.29) is 79.4 Å². The summed E-state index contributed by atoms with van der Waals surface area (Å²) in [6, 6.07) is 35.9. The molecular weight excluding hydrogens is 1430 g/mol. The summed E-state index contributed by atoms with van der Waals surface area (Å²) in [4.78, 5) is 51.2. The zero-order valence-electron chi connectivity index (χ0n) is 65.4. The molecule has 0 amide bonds. The molecule has 0 aliphatic heterocycles. The van der Waals surface area contributed by atoms with Crippen LogP contribution in [0.15, 0.2) is 103 Å². The van der Waals surface area contributed by atoms with E-state index in [1.165, 1.54) is 43.5 Å². The van der Waals surface area contributed by atoms with Crippen LogP contribution in [0, 0.1) is 79.3 Å². The molecule has 107 heavy (non-hydrogen) atoms. The van der Waals surface area contributed by atoms with Gasteiger partial charge in [0.2, 0.25) is 6.10 Å². The molecule has 12 rings (SSSR count). The maximum atomic E-state index is 13.3. The third kappa shape index (κ3) is 22.2. The first-order chi connectivity index (χ1) is 49.3. The molecule has 6 aromatic rings. The number of phenolic OH excluding ortho intramolecular Hbond substituents is 1. The van der Waals surface area contributed by atoms with Crippen LogP contribution in [0.25, 0.3) is 25.1 Å². The SMILES string of the molecule is CCC(C)(C)C(=O)OC1(C)CCCC1.CCC(C)(C)C(=O)OC12CC3CC(C1)CC(C(=O)OC(CS(=O)(=O)[O-])C(F)(F)F)(C3)C2.CCC(C)(C)C(=O)OC1CC(C)(C)C(C)C(C)(C)C1.CCC(C)(C)c1ccc(O)cc1.[O-]c1c(F)c(F)c(F)c(F)c1F.c1ccc(-[s+]2c3ccccc3c3ccccc32)cc1. The van der Waals surface area contributed by atoms with Crippen LogP contribution < -0.4 is 5.11 Å². The van der Waals surface area contributed by atoms with E-state index in [1.807, 2.05) is 60.6 Å². The summed E-state index contributed by atoms with van der Waals surface area (Å²) in [6.07, 6.45) is 4.08. The molecule has 3 unspecified atom stereocenters. The zero-order valence-corrected chi connectivity index (χ0v) is 67.0. The maximum Gasteiger partial charge on any atom is 0.426 e. The van der Waals surface area contributed by atoms with Gasteiger partial charge in [0.15, 0.2) is 43.4 Å². The lowest BCUT2D eigenvalue weighted by Gasteiger charge is -2.60. The first kappa shape index (κ1) is 89.0. The predicted octanol–water partition coefficient (Wildman–Crippen LogP) is 21.7. The van der Waals surface area contributed by atoms with Crippen LogP contribution in [0.2, 0.25) is 0 Å². The van der Waals surface area contributed by atoms with Crippen molar-refractivity contribution in [2.24, 2.45) is 50.2 Å². The maximum absolute atomic E-state index is 13.3. The molecule has 4 bridgehead atoms. The summed E-state index contributed by atoms with van der Waals surface area (Å²) < 4.78 is 158. The summed E-state index contributed by atoms with van der Waals surface area (Å²) in [5, 5.41) is 22.0. The highest BCUT2D eigenvalue weighted by Gasteiger charge is 2.64. The summed E-state index contributed by atoms with van der Waals surface area (Å²) in [6.45, 7) is 37.4. The van der Waals surface area contributed by atoms with Crippen LogP contribution in [0.4, 0.5) is 35.1 Å². The van der Waals surface area contributed by atoms with Crippen molar-refractivity contribution in [2.45, 2.75) is 262 Å². The highest BCUT2D eigenvalue weighted by Crippen LogP contribution is 2.64. The van der Waals surface area contributed by atoms with Crippen molar-refractivity contribution in [3.05, 3.63) is 138 Å². The van der Waals surface area contributed by atoms with Gasteiger partial charge in [0.1, 0.15) is 23.1 Å². The van der Waals surface area contributed by atoms with Crippen LogP contribution >= 0.6 is 10.5 Å². The minimum Gasteiger partial charge on any atom is -0.868 e. The Bertz CT molecular complexity index is 3970. The van der Waals surface area contributed by atoms with Gasteiger partial charge in [0.25, 0.3) is 0 Å². The third-order valence-electron chi connectivity index (χ3n) is 23.3. The fraction of sp³-hybridized carbons (Fsp3) is 0.595. The van der Waals surface area contributed by atoms with Crippen LogP contribution in [-0.4, -0.2) is 77.3 Å². The van der Waals surface area contributed by atoms with Crippen molar-refractivity contribution in [3.8, 4) is 16.4 Å². The van der Waals surface area contributed by atoms with Gasteiger partial charge in [-0.3, -0.25) is 19.2 Å². The van der Waals surface area contributed by atoms with E-state index in [1.54, 1.807) is 26.0 Å². The molecule has 13 nitrogen and oxygen atoms in total. The number of halogens is 8. The fourth-order valence-corrected chi connectivity index (χ4v) is 18.0. The van der Waals surface area contributed by atoms with Gasteiger partial charge in [-0.1, -0.05) is 131 Å². The van der Waals surface area contributed by atoms with Crippen LogP contribution in [-0.2, 0) is 53.7 Å². The molecule has 0 radical (unpaired) electrons. The summed E-state index contributed by atoms with van der Waals surface area (Å²) in [5.41, 5.74) is -1.88. The Morgan fingerprint density at radius 1 is 0.579 bits per heavy atom. The number of carbonyl (C=O) groups is 4. The topological polar surface area (TPSA) is 206 Å². The van der Waals surface area contributed by atoms with Crippen LogP contribution in [0.5, 0.6) is 11.5 Å². The molecule has 6 aliphatic carbocycles. The first-order valence-electron chi connectivity index (χ1n) is 37.1. The van der Waals surface area contributed by atoms with E-state index in [0.29, 0.717) is 43.8 Å². The fourth-order valence-electron chi connectivity index (χ4n) is 14.9. The zero-order chi connectivity index (χ0) is 80.6. The summed E-state index contributed by atoms with van der Waals surface area (Å²) in [5.74, 6) is -16.1. The number of aromatic hydroxyl groups is 1. The molecule has 6 saturated carbocycles. The lowest BCUT2D eigenvalue weighted by Crippen LogP contribution is -2.61. The molecule has 23 heteroatoms. The molecule has 6 fully saturated rings. The number of phenols is 1. The van der Waals surface area contributed by atoms with Gasteiger partial charge in [-0.15, -0.1) is 0 Å². The van der Waals surface area contributed by atoms with Crippen molar-refractivity contribution in [1.29, 1.82) is 0 Å². The highest BCUT2D eigenvalue weighted by atomic mass is 32.2. The molecule has 1 heterocycles. The second-order valence-corrected chi connectivity index (χ2v) is 37.6. The molecule has 5 aromatic carbocycles. The minimum atomic E-state index is -5.27. The summed E-state index contributed by atoms with van der Waals surface area (Å²) >= 11 is 0. The molecular formula is C84H111F8O13S2-. The number of hydrogen-bond donors (Lipinski definition) is 1. The quantitative estimate of drug-likeness (QED) is 0.0182. The number of ether oxygens (including phenoxy) is 4. The van der Waals surface area contributed by atoms with E-state index in [4.69, 9.17) is 19.3 Å². The van der Waals surface area contributed by atoms with Crippen molar-refractivity contribution in [3.63, 3.8) is 0 Å². The van der Waals surface area contributed by atoms with Gasteiger partial charge in [-0.2, -0.15) is 13.2 Å². The van der Waals surface area contributed by atoms with Crippen LogP contribution in [0.1, 0.15) is 233 Å². The summed E-state index contributed by atoms with van der Waals surface area (Å²) in [7, 11) is -5.21. The molecule has 1 aromatic heterocycles. The van der Waals surface area contributed by atoms with Gasteiger partial charge in [-0.05, 0) is 239 Å². The van der Waals surface area contributed by atoms with Crippen molar-refractivity contribution < 1.29 is 96.4 Å². The Kier molecular flexibility index (Phi) is 28.8. The lowest BCUT2D eigenvalue weighted by molar-refractivity contribution is -0.277. The van der Waals surface area contributed by atoms with E-state index < -0.39 is 91.4 Å². The Morgan fingerprint density at radius 3 is 1.43 bits per heavy atom. The van der Waals surface area contributed by atoms with Gasteiger partial charge in [0.05, 0.1) is 37.5 Å². The van der Waals surface area contributed by atoms with Gasteiger partial charge < -0.3 is 33.7 Å². The normalized spacial score (nSPS) is 22.3. The highest BCUT2D eigenvalue weighted by molar-refractivity contribution is 7.85. The van der Waals surface area contributed by atoms with Gasteiger partial charge in [-0.25, -0.2) is 30.4 Å². The number of thiophene rings is 1. The molecule has 1 N–H and O–H groups in total. The van der Waals surface area contributed by atoms with Gasteiger partial charge in [0, 0.05) is 27.7 Å². The predicted molar refractivity (Wildman–Crippen MR) is 400 cm³/mol. The molecule has 3 atom stereocenters. The number of fused-ring (bicyclic) bond motifs is 3. The van der Waals surface area contributed by atoms with Crippen molar-refractivity contribution in [2.75, 3.05) is 5.75 Å². The number of carbonyl (C=O) groups excluding carboxylic acids is 4. The molecule has 0 spiro atoms. The number of alkyl halides is 3.